The summed E-state index contributed by atoms with van der Waals surface area (Å²) in [5, 5.41) is 6.71. The second kappa shape index (κ2) is 8.54. The summed E-state index contributed by atoms with van der Waals surface area (Å²) in [6.07, 6.45) is 2.23. The van der Waals surface area contributed by atoms with Crippen LogP contribution in [0.25, 0.3) is 11.0 Å². The van der Waals surface area contributed by atoms with Crippen LogP contribution in [0.15, 0.2) is 35.0 Å². The van der Waals surface area contributed by atoms with Crippen LogP contribution in [0.4, 0.5) is 4.79 Å². The molecule has 0 saturated heterocycles. The Labute approximate surface area is 156 Å². The Kier molecular flexibility index (Phi) is 5.92. The number of ether oxygens (including phenoxy) is 1. The number of benzene rings is 1. The van der Waals surface area contributed by atoms with E-state index in [-0.39, 0.29) is 6.03 Å². The molecule has 9 heteroatoms. The van der Waals surface area contributed by atoms with Gasteiger partial charge in [-0.25, -0.2) is 9.78 Å². The molecular weight excluding hydrogens is 348 g/mol. The van der Waals surface area contributed by atoms with E-state index in [2.05, 4.69) is 25.4 Å². The van der Waals surface area contributed by atoms with E-state index >= 15 is 0 Å². The molecule has 0 aliphatic carbocycles. The number of carbonyl (C=O) groups is 1. The zero-order chi connectivity index (χ0) is 19.2. The smallest absolute Gasteiger partial charge is 0.318 e. The van der Waals surface area contributed by atoms with Crippen molar-refractivity contribution in [3.8, 4) is 0 Å². The number of methoxy groups -OCH3 is 1. The van der Waals surface area contributed by atoms with E-state index in [1.54, 1.807) is 27.3 Å². The highest BCUT2D eigenvalue weighted by Crippen LogP contribution is 2.12. The van der Waals surface area contributed by atoms with Crippen molar-refractivity contribution in [3.05, 3.63) is 47.9 Å². The number of amides is 2. The van der Waals surface area contributed by atoms with Crippen molar-refractivity contribution in [2.24, 2.45) is 0 Å². The normalized spacial score (nSPS) is 12.1. The van der Waals surface area contributed by atoms with Gasteiger partial charge in [-0.15, -0.1) is 0 Å². The largest absolute Gasteiger partial charge is 0.384 e. The molecule has 3 rings (SSSR count). The predicted molar refractivity (Wildman–Crippen MR) is 97.8 cm³/mol. The molecule has 0 fully saturated rings. The number of hydrogen-bond acceptors (Lipinski definition) is 7. The van der Waals surface area contributed by atoms with E-state index in [0.717, 1.165) is 11.0 Å². The molecule has 3 aromatic rings. The zero-order valence-electron chi connectivity index (χ0n) is 15.5. The number of nitrogens with zero attached hydrogens (tertiary/aromatic N) is 5. The first-order valence-corrected chi connectivity index (χ1v) is 8.60. The van der Waals surface area contributed by atoms with Crippen molar-refractivity contribution in [2.45, 2.75) is 25.9 Å². The molecule has 1 atom stereocenters. The van der Waals surface area contributed by atoms with Crippen LogP contribution in [0.5, 0.6) is 0 Å². The van der Waals surface area contributed by atoms with E-state index in [4.69, 9.17) is 9.26 Å². The van der Waals surface area contributed by atoms with Gasteiger partial charge in [0.05, 0.1) is 36.1 Å². The minimum atomic E-state index is -0.411. The fourth-order valence-corrected chi connectivity index (χ4v) is 2.48. The lowest BCUT2D eigenvalue weighted by Gasteiger charge is -2.19. The number of nitrogens with one attached hydrogen (secondary N) is 1. The number of para-hydroxylation sites is 2. The third-order valence-electron chi connectivity index (χ3n) is 3.97. The molecule has 1 N–H and O–H groups in total. The molecule has 0 saturated carbocycles. The van der Waals surface area contributed by atoms with E-state index in [9.17, 15) is 4.79 Å². The van der Waals surface area contributed by atoms with Gasteiger partial charge in [-0.1, -0.05) is 17.3 Å². The molecule has 0 radical (unpaired) electrons. The summed E-state index contributed by atoms with van der Waals surface area (Å²) in [5.74, 6) is 0.904. The van der Waals surface area contributed by atoms with Crippen LogP contribution in [0, 0.1) is 0 Å². The van der Waals surface area contributed by atoms with Crippen molar-refractivity contribution >= 4 is 17.1 Å². The van der Waals surface area contributed by atoms with Gasteiger partial charge in [0, 0.05) is 20.6 Å². The van der Waals surface area contributed by atoms with Gasteiger partial charge in [-0.05, 0) is 19.1 Å². The quantitative estimate of drug-likeness (QED) is 0.679. The second-order valence-electron chi connectivity index (χ2n) is 6.17. The van der Waals surface area contributed by atoms with Crippen molar-refractivity contribution in [1.29, 1.82) is 0 Å². The molecule has 2 heterocycles. The third-order valence-corrected chi connectivity index (χ3v) is 3.97. The molecule has 0 bridgehead atoms. The van der Waals surface area contributed by atoms with Crippen LogP contribution in [0.2, 0.25) is 0 Å². The lowest BCUT2D eigenvalue weighted by atomic mass is 10.3. The summed E-state index contributed by atoms with van der Waals surface area (Å²) >= 11 is 0. The number of fused-ring (bicyclic) bond motifs is 1. The Hall–Kier alpha value is -3.07. The Morgan fingerprint density at radius 1 is 1.30 bits per heavy atom. The Morgan fingerprint density at radius 2 is 2.07 bits per heavy atom. The van der Waals surface area contributed by atoms with Gasteiger partial charge in [0.2, 0.25) is 5.89 Å². The molecule has 142 valence electrons. The topological polar surface area (TPSA) is 106 Å². The van der Waals surface area contributed by atoms with Crippen molar-refractivity contribution < 1.29 is 14.1 Å². The van der Waals surface area contributed by atoms with Crippen LogP contribution in [0.3, 0.4) is 0 Å². The lowest BCUT2D eigenvalue weighted by molar-refractivity contribution is 0.198. The number of aromatic nitrogens is 4. The maximum absolute atomic E-state index is 12.4. The summed E-state index contributed by atoms with van der Waals surface area (Å²) in [6.45, 7) is 2.63. The molecule has 1 aromatic carbocycles. The fourth-order valence-electron chi connectivity index (χ4n) is 2.48. The van der Waals surface area contributed by atoms with Crippen LogP contribution >= 0.6 is 0 Å². The number of carbonyl (C=O) groups excluding carboxylic acids is 1. The van der Waals surface area contributed by atoms with Gasteiger partial charge < -0.3 is 19.5 Å². The molecule has 0 spiro atoms. The second-order valence-corrected chi connectivity index (χ2v) is 6.17. The summed E-state index contributed by atoms with van der Waals surface area (Å²) < 4.78 is 10.2. The highest BCUT2D eigenvalue weighted by atomic mass is 16.5. The lowest BCUT2D eigenvalue weighted by Crippen LogP contribution is -2.38. The zero-order valence-corrected chi connectivity index (χ0v) is 15.5. The van der Waals surface area contributed by atoms with Gasteiger partial charge in [0.1, 0.15) is 6.04 Å². The number of rotatable bonds is 7. The monoisotopic (exact) mass is 370 g/mol. The maximum Gasteiger partial charge on any atom is 0.318 e. The first-order chi connectivity index (χ1) is 13.1. The summed E-state index contributed by atoms with van der Waals surface area (Å²) in [7, 11) is 3.30. The Bertz CT molecular complexity index is 913. The maximum atomic E-state index is 12.4. The predicted octanol–water partition coefficient (Wildman–Crippen LogP) is 2.10. The minimum Gasteiger partial charge on any atom is -0.384 e. The first-order valence-electron chi connectivity index (χ1n) is 8.60. The summed E-state index contributed by atoms with van der Waals surface area (Å²) in [5.41, 5.74) is 2.33. The fraction of sp³-hybridized carbons (Fsp3) is 0.389. The van der Waals surface area contributed by atoms with Gasteiger partial charge in [0.15, 0.2) is 5.82 Å². The molecule has 27 heavy (non-hydrogen) atoms. The van der Waals surface area contributed by atoms with Gasteiger partial charge >= 0.3 is 6.03 Å². The van der Waals surface area contributed by atoms with E-state index in [1.165, 1.54) is 4.90 Å². The highest BCUT2D eigenvalue weighted by Gasteiger charge is 2.19. The summed E-state index contributed by atoms with van der Waals surface area (Å²) in [6, 6.07) is 6.93. The van der Waals surface area contributed by atoms with Gasteiger partial charge in [-0.2, -0.15) is 4.98 Å². The van der Waals surface area contributed by atoms with Crippen molar-refractivity contribution in [1.82, 2.24) is 30.3 Å². The van der Waals surface area contributed by atoms with Crippen LogP contribution < -0.4 is 5.32 Å². The third kappa shape index (κ3) is 4.76. The van der Waals surface area contributed by atoms with E-state index in [0.29, 0.717) is 37.0 Å². The Morgan fingerprint density at radius 3 is 2.85 bits per heavy atom. The molecule has 2 amide bonds. The highest BCUT2D eigenvalue weighted by molar-refractivity contribution is 5.75. The van der Waals surface area contributed by atoms with E-state index in [1.807, 2.05) is 24.3 Å². The van der Waals surface area contributed by atoms with Gasteiger partial charge in [-0.3, -0.25) is 4.98 Å². The van der Waals surface area contributed by atoms with Crippen LogP contribution in [-0.4, -0.2) is 51.8 Å². The van der Waals surface area contributed by atoms with Crippen LogP contribution in [0.1, 0.15) is 30.4 Å². The summed E-state index contributed by atoms with van der Waals surface area (Å²) in [4.78, 5) is 27.1. The standard InChI is InChI=1S/C18H22N6O3/c1-12(17-22-16(23-27-17)8-9-26-3)20-18(25)24(2)11-13-10-19-14-6-4-5-7-15(14)21-13/h4-7,10,12H,8-9,11H2,1-3H3,(H,20,25). The SMILES string of the molecule is COCCc1noc(C(C)NC(=O)N(C)Cc2cnc3ccccc3n2)n1. The van der Waals surface area contributed by atoms with Gasteiger partial charge in [0.25, 0.3) is 0 Å². The van der Waals surface area contributed by atoms with Crippen LogP contribution in [-0.2, 0) is 17.7 Å². The molecule has 1 unspecified atom stereocenters. The number of hydrogen-bond donors (Lipinski definition) is 1. The van der Waals surface area contributed by atoms with Crippen molar-refractivity contribution in [2.75, 3.05) is 20.8 Å². The number of urea groups is 1. The van der Waals surface area contributed by atoms with Crippen molar-refractivity contribution in [3.63, 3.8) is 0 Å². The van der Waals surface area contributed by atoms with E-state index < -0.39 is 6.04 Å². The molecule has 9 nitrogen and oxygen atoms in total. The molecular formula is C18H22N6O3. The first kappa shape index (κ1) is 18.7. The average molecular weight is 370 g/mol. The minimum absolute atomic E-state index is 0.269. The average Bonchev–Trinajstić information content (AvgIpc) is 3.15. The molecule has 0 aliphatic rings. The molecule has 0 aliphatic heterocycles. The Balaban J connectivity index is 1.58. The molecule has 2 aromatic heterocycles.